The molecule has 3 aromatic rings. The van der Waals surface area contributed by atoms with Gasteiger partial charge in [-0.1, -0.05) is 24.3 Å². The summed E-state index contributed by atoms with van der Waals surface area (Å²) in [6.07, 6.45) is 2.17. The number of sulfonamides is 1. The molecule has 2 amide bonds. The topological polar surface area (TPSA) is 104 Å². The first-order valence-electron chi connectivity index (χ1n) is 9.82. The Labute approximate surface area is 191 Å². The lowest BCUT2D eigenvalue weighted by Crippen LogP contribution is -2.26. The SMILES string of the molecule is C=CCNC(=O)c1ccccc1NC(=O)c1ccc(S(=O)(=O)NCCc2cccs2)cc1. The molecule has 0 saturated heterocycles. The molecule has 32 heavy (non-hydrogen) atoms. The smallest absolute Gasteiger partial charge is 0.255 e. The van der Waals surface area contributed by atoms with E-state index < -0.39 is 15.9 Å². The van der Waals surface area contributed by atoms with Gasteiger partial charge in [0.1, 0.15) is 0 Å². The van der Waals surface area contributed by atoms with E-state index in [1.165, 1.54) is 24.3 Å². The predicted octanol–water partition coefficient (Wildman–Crippen LogP) is 3.44. The van der Waals surface area contributed by atoms with E-state index in [1.54, 1.807) is 41.7 Å². The zero-order valence-corrected chi connectivity index (χ0v) is 18.8. The van der Waals surface area contributed by atoms with E-state index >= 15 is 0 Å². The lowest BCUT2D eigenvalue weighted by Gasteiger charge is -2.11. The van der Waals surface area contributed by atoms with E-state index in [0.717, 1.165) is 4.88 Å². The number of nitrogens with one attached hydrogen (secondary N) is 3. The van der Waals surface area contributed by atoms with Crippen LogP contribution in [-0.2, 0) is 16.4 Å². The van der Waals surface area contributed by atoms with Gasteiger partial charge in [0.25, 0.3) is 11.8 Å². The zero-order valence-electron chi connectivity index (χ0n) is 17.2. The molecule has 0 unspecified atom stereocenters. The molecule has 0 saturated carbocycles. The minimum absolute atomic E-state index is 0.0735. The highest BCUT2D eigenvalue weighted by molar-refractivity contribution is 7.89. The van der Waals surface area contributed by atoms with Gasteiger partial charge >= 0.3 is 0 Å². The van der Waals surface area contributed by atoms with Crippen molar-refractivity contribution in [1.82, 2.24) is 10.0 Å². The second-order valence-electron chi connectivity index (χ2n) is 6.75. The molecule has 1 aromatic heterocycles. The maximum absolute atomic E-state index is 12.6. The van der Waals surface area contributed by atoms with Crippen molar-refractivity contribution in [2.45, 2.75) is 11.3 Å². The number of thiophene rings is 1. The minimum atomic E-state index is -3.68. The molecule has 0 atom stereocenters. The van der Waals surface area contributed by atoms with E-state index in [9.17, 15) is 18.0 Å². The Hall–Kier alpha value is -3.27. The molecule has 3 rings (SSSR count). The van der Waals surface area contributed by atoms with Crippen LogP contribution in [0.5, 0.6) is 0 Å². The summed E-state index contributed by atoms with van der Waals surface area (Å²) in [4.78, 5) is 26.1. The zero-order chi connectivity index (χ0) is 23.0. The summed E-state index contributed by atoms with van der Waals surface area (Å²) in [6.45, 7) is 4.15. The first kappa shape index (κ1) is 23.4. The Bertz CT molecular complexity index is 1190. The average molecular weight is 470 g/mol. The third-order valence-corrected chi connectivity index (χ3v) is 6.91. The van der Waals surface area contributed by atoms with Gasteiger partial charge in [-0.05, 0) is 54.3 Å². The monoisotopic (exact) mass is 469 g/mol. The third-order valence-electron chi connectivity index (χ3n) is 4.50. The fourth-order valence-electron chi connectivity index (χ4n) is 2.88. The fraction of sp³-hybridized carbons (Fsp3) is 0.130. The highest BCUT2D eigenvalue weighted by atomic mass is 32.2. The van der Waals surface area contributed by atoms with Gasteiger partial charge in [0.2, 0.25) is 10.0 Å². The van der Waals surface area contributed by atoms with Gasteiger partial charge < -0.3 is 10.6 Å². The van der Waals surface area contributed by atoms with E-state index in [2.05, 4.69) is 21.9 Å². The van der Waals surface area contributed by atoms with Crippen LogP contribution in [0.25, 0.3) is 0 Å². The molecule has 0 fully saturated rings. The number of rotatable bonds is 10. The first-order valence-corrected chi connectivity index (χ1v) is 12.2. The van der Waals surface area contributed by atoms with Crippen molar-refractivity contribution in [1.29, 1.82) is 0 Å². The second-order valence-corrected chi connectivity index (χ2v) is 9.55. The van der Waals surface area contributed by atoms with Crippen molar-refractivity contribution in [2.24, 2.45) is 0 Å². The van der Waals surface area contributed by atoms with Crippen molar-refractivity contribution in [3.63, 3.8) is 0 Å². The predicted molar refractivity (Wildman–Crippen MR) is 127 cm³/mol. The quantitative estimate of drug-likeness (QED) is 0.396. The van der Waals surface area contributed by atoms with Crippen molar-refractivity contribution in [2.75, 3.05) is 18.4 Å². The fourth-order valence-corrected chi connectivity index (χ4v) is 4.62. The number of carbonyl (C=O) groups is 2. The lowest BCUT2D eigenvalue weighted by atomic mass is 10.1. The van der Waals surface area contributed by atoms with E-state index in [-0.39, 0.29) is 22.9 Å². The van der Waals surface area contributed by atoms with E-state index in [1.807, 2.05) is 17.5 Å². The standard InChI is InChI=1S/C23H23N3O4S2/c1-2-14-24-23(28)20-7-3-4-8-21(20)26-22(27)17-9-11-19(12-10-17)32(29,30)25-15-13-18-6-5-16-31-18/h2-12,16,25H,1,13-15H2,(H,24,28)(H,26,27). The molecule has 0 spiro atoms. The molecule has 0 aliphatic rings. The van der Waals surface area contributed by atoms with Gasteiger partial charge in [0, 0.05) is 23.5 Å². The summed E-state index contributed by atoms with van der Waals surface area (Å²) in [6, 6.07) is 16.1. The number of amides is 2. The average Bonchev–Trinajstić information content (AvgIpc) is 3.31. The van der Waals surface area contributed by atoms with Crippen molar-refractivity contribution >= 4 is 38.9 Å². The molecule has 2 aromatic carbocycles. The van der Waals surface area contributed by atoms with Crippen LogP contribution in [0.4, 0.5) is 5.69 Å². The molecule has 0 aliphatic carbocycles. The Balaban J connectivity index is 1.65. The minimum Gasteiger partial charge on any atom is -0.349 e. The number of hydrogen-bond acceptors (Lipinski definition) is 5. The summed E-state index contributed by atoms with van der Waals surface area (Å²) in [5.74, 6) is -0.792. The lowest BCUT2D eigenvalue weighted by molar-refractivity contribution is 0.0959. The number of anilines is 1. The van der Waals surface area contributed by atoms with Crippen LogP contribution in [0.15, 0.2) is 83.6 Å². The van der Waals surface area contributed by atoms with Crippen LogP contribution in [-0.4, -0.2) is 33.3 Å². The summed E-state index contributed by atoms with van der Waals surface area (Å²) < 4.78 is 27.5. The van der Waals surface area contributed by atoms with Crippen LogP contribution < -0.4 is 15.4 Å². The van der Waals surface area contributed by atoms with Crippen LogP contribution in [0.1, 0.15) is 25.6 Å². The van der Waals surface area contributed by atoms with Crippen molar-refractivity contribution in [3.8, 4) is 0 Å². The normalized spacial score (nSPS) is 11.0. The molecule has 3 N–H and O–H groups in total. The summed E-state index contributed by atoms with van der Waals surface area (Å²) in [5.41, 5.74) is 0.937. The van der Waals surface area contributed by atoms with Crippen LogP contribution in [0.2, 0.25) is 0 Å². The van der Waals surface area contributed by atoms with Gasteiger partial charge in [0.15, 0.2) is 0 Å². The summed E-state index contributed by atoms with van der Waals surface area (Å²) in [7, 11) is -3.68. The number of para-hydroxylation sites is 1. The molecular formula is C23H23N3O4S2. The Morgan fingerprint density at radius 3 is 2.41 bits per heavy atom. The molecule has 166 valence electrons. The number of carbonyl (C=O) groups excluding carboxylic acids is 2. The van der Waals surface area contributed by atoms with Crippen LogP contribution in [0.3, 0.4) is 0 Å². The summed E-state index contributed by atoms with van der Waals surface area (Å²) in [5, 5.41) is 7.32. The second kappa shape index (κ2) is 10.9. The highest BCUT2D eigenvalue weighted by Crippen LogP contribution is 2.17. The molecule has 1 heterocycles. The van der Waals surface area contributed by atoms with Crippen molar-refractivity contribution < 1.29 is 18.0 Å². The van der Waals surface area contributed by atoms with Gasteiger partial charge in [-0.25, -0.2) is 13.1 Å². The third kappa shape index (κ3) is 6.13. The van der Waals surface area contributed by atoms with Gasteiger partial charge in [-0.2, -0.15) is 0 Å². The molecule has 0 aliphatic heterocycles. The van der Waals surface area contributed by atoms with E-state index in [4.69, 9.17) is 0 Å². The number of benzene rings is 2. The maximum atomic E-state index is 12.6. The maximum Gasteiger partial charge on any atom is 0.255 e. The largest absolute Gasteiger partial charge is 0.349 e. The van der Waals surface area contributed by atoms with Gasteiger partial charge in [-0.15, -0.1) is 17.9 Å². The van der Waals surface area contributed by atoms with Crippen LogP contribution >= 0.6 is 11.3 Å². The molecule has 0 radical (unpaired) electrons. The molecule has 0 bridgehead atoms. The molecular weight excluding hydrogens is 446 g/mol. The van der Waals surface area contributed by atoms with E-state index in [0.29, 0.717) is 24.2 Å². The Kier molecular flexibility index (Phi) is 7.93. The Morgan fingerprint density at radius 2 is 1.72 bits per heavy atom. The number of hydrogen-bond donors (Lipinski definition) is 3. The molecule has 7 nitrogen and oxygen atoms in total. The van der Waals surface area contributed by atoms with Crippen molar-refractivity contribution in [3.05, 3.63) is 94.7 Å². The van der Waals surface area contributed by atoms with Gasteiger partial charge in [0.05, 0.1) is 16.1 Å². The van der Waals surface area contributed by atoms with Gasteiger partial charge in [-0.3, -0.25) is 9.59 Å². The summed E-state index contributed by atoms with van der Waals surface area (Å²) >= 11 is 1.57. The molecule has 9 heteroatoms. The van der Waals surface area contributed by atoms with Crippen LogP contribution in [0, 0.1) is 0 Å². The highest BCUT2D eigenvalue weighted by Gasteiger charge is 2.16. The first-order chi connectivity index (χ1) is 15.4. The Morgan fingerprint density at radius 1 is 0.969 bits per heavy atom.